The Morgan fingerprint density at radius 2 is 2.18 bits per heavy atom. The van der Waals surface area contributed by atoms with Crippen molar-refractivity contribution in [2.45, 2.75) is 39.2 Å². The van der Waals surface area contributed by atoms with E-state index in [-0.39, 0.29) is 6.10 Å². The zero-order chi connectivity index (χ0) is 12.8. The van der Waals surface area contributed by atoms with E-state index < -0.39 is 0 Å². The first kappa shape index (κ1) is 14.7. The number of hydrogen-bond donors (Lipinski definition) is 2. The summed E-state index contributed by atoms with van der Waals surface area (Å²) >= 11 is 3.56. The standard InChI is InChI=1S/C12H22BrN3O/c1-4-6-14-8-9(17)7-11-12(13)10(5-2)15-16(11)3/h9,14,17H,4-8H2,1-3H3. The summed E-state index contributed by atoms with van der Waals surface area (Å²) in [6.07, 6.45) is 2.25. The number of aliphatic hydroxyl groups is 1. The smallest absolute Gasteiger partial charge is 0.0766 e. The fourth-order valence-corrected chi connectivity index (χ4v) is 2.56. The molecule has 1 heterocycles. The van der Waals surface area contributed by atoms with Gasteiger partial charge in [0.1, 0.15) is 0 Å². The van der Waals surface area contributed by atoms with Crippen LogP contribution in [-0.2, 0) is 19.9 Å². The molecule has 0 aromatic carbocycles. The quantitative estimate of drug-likeness (QED) is 0.753. The molecule has 0 aliphatic heterocycles. The van der Waals surface area contributed by atoms with Crippen LogP contribution in [0.25, 0.3) is 0 Å². The molecule has 1 aromatic rings. The van der Waals surface area contributed by atoms with Gasteiger partial charge in [0, 0.05) is 20.0 Å². The van der Waals surface area contributed by atoms with Crippen LogP contribution >= 0.6 is 15.9 Å². The van der Waals surface area contributed by atoms with E-state index in [0.29, 0.717) is 13.0 Å². The first-order valence-corrected chi connectivity index (χ1v) is 6.98. The summed E-state index contributed by atoms with van der Waals surface area (Å²) in [5, 5.41) is 17.6. The molecule has 2 N–H and O–H groups in total. The Hall–Kier alpha value is -0.390. The normalized spacial score (nSPS) is 13.0. The molecular formula is C12H22BrN3O. The lowest BCUT2D eigenvalue weighted by atomic mass is 10.1. The van der Waals surface area contributed by atoms with Crippen molar-refractivity contribution in [3.05, 3.63) is 15.9 Å². The van der Waals surface area contributed by atoms with Crippen molar-refractivity contribution in [3.63, 3.8) is 0 Å². The number of nitrogens with one attached hydrogen (secondary N) is 1. The Bertz CT molecular complexity index is 352. The van der Waals surface area contributed by atoms with E-state index in [2.05, 4.69) is 40.2 Å². The van der Waals surface area contributed by atoms with Crippen molar-refractivity contribution in [2.24, 2.45) is 7.05 Å². The minimum Gasteiger partial charge on any atom is -0.391 e. The van der Waals surface area contributed by atoms with Crippen molar-refractivity contribution in [1.29, 1.82) is 0 Å². The van der Waals surface area contributed by atoms with Gasteiger partial charge in [0.05, 0.1) is 22.0 Å². The lowest BCUT2D eigenvalue weighted by Crippen LogP contribution is -2.29. The fourth-order valence-electron chi connectivity index (χ4n) is 1.78. The van der Waals surface area contributed by atoms with E-state index in [1.165, 1.54) is 0 Å². The molecule has 0 bridgehead atoms. The van der Waals surface area contributed by atoms with E-state index >= 15 is 0 Å². The zero-order valence-electron chi connectivity index (χ0n) is 10.8. The molecule has 0 saturated carbocycles. The van der Waals surface area contributed by atoms with Gasteiger partial charge in [-0.1, -0.05) is 13.8 Å². The van der Waals surface area contributed by atoms with Gasteiger partial charge in [-0.05, 0) is 35.3 Å². The predicted octanol–water partition coefficient (Wildman–Crippen LogP) is 1.65. The van der Waals surface area contributed by atoms with Crippen LogP contribution in [0.3, 0.4) is 0 Å². The molecule has 0 aliphatic carbocycles. The van der Waals surface area contributed by atoms with E-state index in [0.717, 1.165) is 35.2 Å². The minimum absolute atomic E-state index is 0.363. The molecule has 0 radical (unpaired) electrons. The summed E-state index contributed by atoms with van der Waals surface area (Å²) in [5.74, 6) is 0. The molecular weight excluding hydrogens is 282 g/mol. The molecule has 0 amide bonds. The average molecular weight is 304 g/mol. The number of aromatic nitrogens is 2. The van der Waals surface area contributed by atoms with Gasteiger partial charge in [-0.3, -0.25) is 4.68 Å². The third-order valence-electron chi connectivity index (χ3n) is 2.74. The number of aliphatic hydroxyl groups excluding tert-OH is 1. The molecule has 0 aliphatic rings. The molecule has 5 heteroatoms. The Morgan fingerprint density at radius 1 is 1.47 bits per heavy atom. The van der Waals surface area contributed by atoms with Gasteiger partial charge in [-0.15, -0.1) is 0 Å². The Balaban J connectivity index is 2.58. The van der Waals surface area contributed by atoms with Gasteiger partial charge < -0.3 is 10.4 Å². The summed E-state index contributed by atoms with van der Waals surface area (Å²) < 4.78 is 2.89. The second-order valence-electron chi connectivity index (χ2n) is 4.25. The minimum atomic E-state index is -0.363. The lowest BCUT2D eigenvalue weighted by Gasteiger charge is -2.12. The first-order chi connectivity index (χ1) is 8.10. The molecule has 1 aromatic heterocycles. The monoisotopic (exact) mass is 303 g/mol. The molecule has 0 spiro atoms. The van der Waals surface area contributed by atoms with Gasteiger partial charge in [0.15, 0.2) is 0 Å². The topological polar surface area (TPSA) is 50.1 Å². The van der Waals surface area contributed by atoms with Gasteiger partial charge in [-0.2, -0.15) is 5.10 Å². The molecule has 98 valence electrons. The summed E-state index contributed by atoms with van der Waals surface area (Å²) in [6, 6.07) is 0. The maximum atomic E-state index is 9.94. The van der Waals surface area contributed by atoms with Gasteiger partial charge in [0.2, 0.25) is 0 Å². The third kappa shape index (κ3) is 4.08. The number of aryl methyl sites for hydroxylation is 2. The molecule has 1 atom stereocenters. The number of rotatable bonds is 7. The maximum Gasteiger partial charge on any atom is 0.0766 e. The highest BCUT2D eigenvalue weighted by atomic mass is 79.9. The van der Waals surface area contributed by atoms with Crippen molar-refractivity contribution in [2.75, 3.05) is 13.1 Å². The second kappa shape index (κ2) is 7.13. The lowest BCUT2D eigenvalue weighted by molar-refractivity contribution is 0.169. The fraction of sp³-hybridized carbons (Fsp3) is 0.750. The summed E-state index contributed by atoms with van der Waals surface area (Å²) in [4.78, 5) is 0. The van der Waals surface area contributed by atoms with Crippen molar-refractivity contribution in [1.82, 2.24) is 15.1 Å². The van der Waals surface area contributed by atoms with Gasteiger partial charge in [-0.25, -0.2) is 0 Å². The van der Waals surface area contributed by atoms with Crippen LogP contribution in [0.5, 0.6) is 0 Å². The number of hydrogen-bond acceptors (Lipinski definition) is 3. The average Bonchev–Trinajstić information content (AvgIpc) is 2.57. The number of nitrogens with zero attached hydrogens (tertiary/aromatic N) is 2. The third-order valence-corrected chi connectivity index (χ3v) is 3.65. The maximum absolute atomic E-state index is 9.94. The van der Waals surface area contributed by atoms with Gasteiger partial charge in [0.25, 0.3) is 0 Å². The molecule has 0 fully saturated rings. The van der Waals surface area contributed by atoms with Gasteiger partial charge >= 0.3 is 0 Å². The predicted molar refractivity (Wildman–Crippen MR) is 73.2 cm³/mol. The highest BCUT2D eigenvalue weighted by Gasteiger charge is 2.15. The summed E-state index contributed by atoms with van der Waals surface area (Å²) in [6.45, 7) is 5.78. The highest BCUT2D eigenvalue weighted by Crippen LogP contribution is 2.22. The van der Waals surface area contributed by atoms with E-state index in [9.17, 15) is 5.11 Å². The van der Waals surface area contributed by atoms with Crippen LogP contribution in [0, 0.1) is 0 Å². The summed E-state index contributed by atoms with van der Waals surface area (Å²) in [5.41, 5.74) is 2.11. The Morgan fingerprint density at radius 3 is 2.71 bits per heavy atom. The van der Waals surface area contributed by atoms with Crippen molar-refractivity contribution < 1.29 is 5.11 Å². The van der Waals surface area contributed by atoms with E-state index in [1.807, 2.05) is 11.7 Å². The van der Waals surface area contributed by atoms with Crippen molar-refractivity contribution >= 4 is 15.9 Å². The molecule has 17 heavy (non-hydrogen) atoms. The Kier molecular flexibility index (Phi) is 6.16. The van der Waals surface area contributed by atoms with E-state index in [4.69, 9.17) is 0 Å². The van der Waals surface area contributed by atoms with Crippen molar-refractivity contribution in [3.8, 4) is 0 Å². The first-order valence-electron chi connectivity index (χ1n) is 6.19. The van der Waals surface area contributed by atoms with Crippen LogP contribution in [0.1, 0.15) is 31.7 Å². The van der Waals surface area contributed by atoms with Crippen LogP contribution in [0.15, 0.2) is 4.47 Å². The molecule has 1 unspecified atom stereocenters. The Labute approximate surface area is 112 Å². The zero-order valence-corrected chi connectivity index (χ0v) is 12.4. The largest absolute Gasteiger partial charge is 0.391 e. The highest BCUT2D eigenvalue weighted by molar-refractivity contribution is 9.10. The SMILES string of the molecule is CCCNCC(O)Cc1c(Br)c(CC)nn1C. The molecule has 1 rings (SSSR count). The molecule has 0 saturated heterocycles. The number of halogens is 1. The van der Waals surface area contributed by atoms with Crippen LogP contribution in [0.2, 0.25) is 0 Å². The van der Waals surface area contributed by atoms with E-state index in [1.54, 1.807) is 0 Å². The second-order valence-corrected chi connectivity index (χ2v) is 5.04. The van der Waals surface area contributed by atoms with Crippen LogP contribution < -0.4 is 5.32 Å². The molecule has 4 nitrogen and oxygen atoms in total. The van der Waals surface area contributed by atoms with Crippen LogP contribution in [-0.4, -0.2) is 34.1 Å². The summed E-state index contributed by atoms with van der Waals surface area (Å²) in [7, 11) is 1.92. The van der Waals surface area contributed by atoms with Crippen LogP contribution in [0.4, 0.5) is 0 Å².